The van der Waals surface area contributed by atoms with Crippen molar-refractivity contribution < 1.29 is 18.0 Å². The minimum absolute atomic E-state index is 0.115. The number of sulfonamides is 1. The van der Waals surface area contributed by atoms with Crippen LogP contribution in [0.5, 0.6) is 0 Å². The summed E-state index contributed by atoms with van der Waals surface area (Å²) in [7, 11) is 0.896. The predicted octanol–water partition coefficient (Wildman–Crippen LogP) is 1.55. The molecule has 7 nitrogen and oxygen atoms in total. The smallest absolute Gasteiger partial charge is 0.255 e. The fourth-order valence-electron chi connectivity index (χ4n) is 2.04. The maximum atomic E-state index is 12.2. The van der Waals surface area contributed by atoms with Gasteiger partial charge < -0.3 is 10.6 Å². The van der Waals surface area contributed by atoms with Crippen LogP contribution >= 0.6 is 0 Å². The Morgan fingerprint density at radius 3 is 1.80 bits per heavy atom. The average Bonchev–Trinajstić information content (AvgIpc) is 2.61. The van der Waals surface area contributed by atoms with Gasteiger partial charge in [0.1, 0.15) is 0 Å². The Balaban J connectivity index is 2.12. The van der Waals surface area contributed by atoms with Crippen molar-refractivity contribution in [2.45, 2.75) is 4.90 Å². The Hall–Kier alpha value is -2.71. The van der Waals surface area contributed by atoms with E-state index < -0.39 is 10.0 Å². The Bertz CT molecular complexity index is 873. The van der Waals surface area contributed by atoms with Gasteiger partial charge in [-0.25, -0.2) is 12.7 Å². The molecule has 0 heterocycles. The lowest BCUT2D eigenvalue weighted by atomic mass is 10.1. The molecule has 2 N–H and O–H groups in total. The largest absolute Gasteiger partial charge is 0.355 e. The van der Waals surface area contributed by atoms with Crippen LogP contribution in [0.25, 0.3) is 0 Å². The van der Waals surface area contributed by atoms with Crippen LogP contribution in [0.2, 0.25) is 0 Å². The van der Waals surface area contributed by atoms with Crippen molar-refractivity contribution in [2.24, 2.45) is 0 Å². The molecule has 0 saturated carbocycles. The van der Waals surface area contributed by atoms with Crippen LogP contribution in [0, 0.1) is 0 Å². The quantitative estimate of drug-likeness (QED) is 0.845. The molecule has 2 aromatic carbocycles. The molecule has 0 fully saturated rings. The second kappa shape index (κ2) is 7.45. The number of amides is 2. The van der Waals surface area contributed by atoms with E-state index in [2.05, 4.69) is 10.6 Å². The molecule has 0 bridgehead atoms. The maximum Gasteiger partial charge on any atom is 0.255 e. The van der Waals surface area contributed by atoms with E-state index in [4.69, 9.17) is 0 Å². The highest BCUT2D eigenvalue weighted by atomic mass is 32.2. The third-order valence-electron chi connectivity index (χ3n) is 3.53. The number of carbonyl (C=O) groups is 2. The summed E-state index contributed by atoms with van der Waals surface area (Å²) in [6.07, 6.45) is 0. The average molecular weight is 361 g/mol. The summed E-state index contributed by atoms with van der Waals surface area (Å²) in [5.74, 6) is -0.586. The van der Waals surface area contributed by atoms with Crippen molar-refractivity contribution in [1.82, 2.24) is 9.62 Å². The molecule has 8 heteroatoms. The Morgan fingerprint density at radius 2 is 1.32 bits per heavy atom. The zero-order valence-corrected chi connectivity index (χ0v) is 14.9. The number of nitrogens with zero attached hydrogens (tertiary/aromatic N) is 1. The first kappa shape index (κ1) is 18.6. The van der Waals surface area contributed by atoms with Gasteiger partial charge in [0.15, 0.2) is 0 Å². The lowest BCUT2D eigenvalue weighted by Crippen LogP contribution is -2.22. The van der Waals surface area contributed by atoms with Crippen molar-refractivity contribution in [3.8, 4) is 0 Å². The van der Waals surface area contributed by atoms with E-state index in [1.165, 1.54) is 45.4 Å². The Labute approximate surface area is 146 Å². The van der Waals surface area contributed by atoms with Crippen LogP contribution in [0.3, 0.4) is 0 Å². The summed E-state index contributed by atoms with van der Waals surface area (Å²) in [6, 6.07) is 12.1. The number of benzene rings is 2. The van der Waals surface area contributed by atoms with E-state index >= 15 is 0 Å². The number of carbonyl (C=O) groups excluding carboxylic acids is 2. The molecule has 2 aromatic rings. The fraction of sp³-hybridized carbons (Fsp3) is 0.176. The summed E-state index contributed by atoms with van der Waals surface area (Å²) < 4.78 is 25.1. The van der Waals surface area contributed by atoms with Gasteiger partial charge in [-0.1, -0.05) is 0 Å². The summed E-state index contributed by atoms with van der Waals surface area (Å²) in [5.41, 5.74) is 1.34. The lowest BCUT2D eigenvalue weighted by molar-refractivity contribution is 0.0962. The van der Waals surface area contributed by atoms with Gasteiger partial charge in [-0.05, 0) is 48.5 Å². The van der Waals surface area contributed by atoms with Gasteiger partial charge in [-0.3, -0.25) is 9.59 Å². The van der Waals surface area contributed by atoms with E-state index in [1.54, 1.807) is 24.3 Å². The molecule has 132 valence electrons. The van der Waals surface area contributed by atoms with E-state index in [0.717, 1.165) is 4.31 Å². The van der Waals surface area contributed by atoms with E-state index in [1.807, 2.05) is 0 Å². The fourth-order valence-corrected chi connectivity index (χ4v) is 2.94. The Kier molecular flexibility index (Phi) is 5.55. The third kappa shape index (κ3) is 4.23. The first-order chi connectivity index (χ1) is 11.8. The standard InChI is InChI=1S/C17H19N3O4S/c1-18-16(21)12-4-8-14(9-5-12)19-17(22)13-6-10-15(11-7-13)25(23,24)20(2)3/h4-11H,1-3H3,(H,18,21)(H,19,22). The predicted molar refractivity (Wildman–Crippen MR) is 95.1 cm³/mol. The highest BCUT2D eigenvalue weighted by Crippen LogP contribution is 2.16. The summed E-state index contributed by atoms with van der Waals surface area (Å²) in [6.45, 7) is 0. The van der Waals surface area contributed by atoms with Gasteiger partial charge in [-0.15, -0.1) is 0 Å². The van der Waals surface area contributed by atoms with Crippen molar-refractivity contribution in [1.29, 1.82) is 0 Å². The first-order valence-corrected chi connectivity index (χ1v) is 8.86. The van der Waals surface area contributed by atoms with Crippen molar-refractivity contribution in [2.75, 3.05) is 26.5 Å². The molecule has 0 atom stereocenters. The van der Waals surface area contributed by atoms with Gasteiger partial charge in [0.2, 0.25) is 10.0 Å². The summed E-state index contributed by atoms with van der Waals surface area (Å²) in [5, 5.41) is 5.21. The highest BCUT2D eigenvalue weighted by Gasteiger charge is 2.17. The molecule has 0 radical (unpaired) electrons. The summed E-state index contributed by atoms with van der Waals surface area (Å²) >= 11 is 0. The minimum Gasteiger partial charge on any atom is -0.355 e. The number of hydrogen-bond donors (Lipinski definition) is 2. The van der Waals surface area contributed by atoms with Gasteiger partial charge >= 0.3 is 0 Å². The Morgan fingerprint density at radius 1 is 0.840 bits per heavy atom. The van der Waals surface area contributed by atoms with Gasteiger partial charge in [0, 0.05) is 38.0 Å². The molecule has 0 aliphatic carbocycles. The molecular weight excluding hydrogens is 342 g/mol. The lowest BCUT2D eigenvalue weighted by Gasteiger charge is -2.11. The second-order valence-electron chi connectivity index (χ2n) is 5.42. The molecule has 25 heavy (non-hydrogen) atoms. The zero-order chi connectivity index (χ0) is 18.6. The maximum absolute atomic E-state index is 12.2. The van der Waals surface area contributed by atoms with E-state index in [-0.39, 0.29) is 16.7 Å². The topological polar surface area (TPSA) is 95.6 Å². The van der Waals surface area contributed by atoms with Crippen LogP contribution in [0.1, 0.15) is 20.7 Å². The normalized spacial score (nSPS) is 11.2. The molecular formula is C17H19N3O4S. The number of nitrogens with one attached hydrogen (secondary N) is 2. The van der Waals surface area contributed by atoms with Crippen LogP contribution in [0.4, 0.5) is 5.69 Å². The van der Waals surface area contributed by atoms with Crippen LogP contribution in [-0.2, 0) is 10.0 Å². The van der Waals surface area contributed by atoms with Crippen molar-refractivity contribution in [3.05, 3.63) is 59.7 Å². The molecule has 0 aliphatic rings. The van der Waals surface area contributed by atoms with Crippen molar-refractivity contribution in [3.63, 3.8) is 0 Å². The van der Waals surface area contributed by atoms with E-state index in [9.17, 15) is 18.0 Å². The molecule has 2 rings (SSSR count). The van der Waals surface area contributed by atoms with Crippen LogP contribution in [-0.4, -0.2) is 45.7 Å². The van der Waals surface area contributed by atoms with Crippen LogP contribution < -0.4 is 10.6 Å². The summed E-state index contributed by atoms with van der Waals surface area (Å²) in [4.78, 5) is 23.8. The van der Waals surface area contributed by atoms with Gasteiger partial charge in [-0.2, -0.15) is 0 Å². The second-order valence-corrected chi connectivity index (χ2v) is 7.57. The number of rotatable bonds is 5. The zero-order valence-electron chi connectivity index (χ0n) is 14.1. The molecule has 0 spiro atoms. The van der Waals surface area contributed by atoms with Gasteiger partial charge in [0.25, 0.3) is 11.8 Å². The molecule has 0 aliphatic heterocycles. The molecule has 0 saturated heterocycles. The van der Waals surface area contributed by atoms with Crippen LogP contribution in [0.15, 0.2) is 53.4 Å². The number of anilines is 1. The first-order valence-electron chi connectivity index (χ1n) is 7.42. The number of hydrogen-bond acceptors (Lipinski definition) is 4. The molecule has 2 amide bonds. The highest BCUT2D eigenvalue weighted by molar-refractivity contribution is 7.89. The minimum atomic E-state index is -3.53. The van der Waals surface area contributed by atoms with Gasteiger partial charge in [0.05, 0.1) is 4.90 Å². The van der Waals surface area contributed by atoms with E-state index in [0.29, 0.717) is 16.8 Å². The monoisotopic (exact) mass is 361 g/mol. The van der Waals surface area contributed by atoms with Crippen molar-refractivity contribution >= 4 is 27.5 Å². The SMILES string of the molecule is CNC(=O)c1ccc(NC(=O)c2ccc(S(=O)(=O)N(C)C)cc2)cc1. The molecule has 0 aromatic heterocycles. The molecule has 0 unspecified atom stereocenters. The third-order valence-corrected chi connectivity index (χ3v) is 5.36.